The Balaban J connectivity index is 2.25. The van der Waals surface area contributed by atoms with Gasteiger partial charge in [-0.05, 0) is 36.5 Å². The molecule has 114 valence electrons. The zero-order valence-corrected chi connectivity index (χ0v) is 12.9. The van der Waals surface area contributed by atoms with E-state index >= 15 is 0 Å². The molecule has 0 aliphatic heterocycles. The fourth-order valence-electron chi connectivity index (χ4n) is 1.64. The van der Waals surface area contributed by atoms with Gasteiger partial charge in [-0.1, -0.05) is 11.6 Å². The van der Waals surface area contributed by atoms with Crippen LogP contribution >= 0.6 is 23.8 Å². The molecule has 22 heavy (non-hydrogen) atoms. The largest absolute Gasteiger partial charge is 0.455 e. The molecular weight excluding hydrogens is 328 g/mol. The highest BCUT2D eigenvalue weighted by atomic mass is 35.5. The van der Waals surface area contributed by atoms with Crippen molar-refractivity contribution in [3.8, 4) is 11.3 Å². The molecule has 2 aromatic rings. The fourth-order valence-corrected chi connectivity index (χ4v) is 1.86. The van der Waals surface area contributed by atoms with E-state index in [1.54, 1.807) is 25.2 Å². The summed E-state index contributed by atoms with van der Waals surface area (Å²) in [5.74, 6) is 0.770. The van der Waals surface area contributed by atoms with Crippen molar-refractivity contribution in [1.29, 1.82) is 0 Å². The third-order valence-corrected chi connectivity index (χ3v) is 3.16. The second-order valence-corrected chi connectivity index (χ2v) is 4.91. The lowest BCUT2D eigenvalue weighted by Crippen LogP contribution is -2.28. The van der Waals surface area contributed by atoms with Gasteiger partial charge in [-0.3, -0.25) is 15.5 Å². The van der Waals surface area contributed by atoms with Gasteiger partial charge in [0, 0.05) is 18.1 Å². The van der Waals surface area contributed by atoms with Crippen molar-refractivity contribution in [3.05, 3.63) is 51.2 Å². The van der Waals surface area contributed by atoms with Crippen LogP contribution in [-0.4, -0.2) is 23.3 Å². The Morgan fingerprint density at radius 2 is 2.23 bits per heavy atom. The summed E-state index contributed by atoms with van der Waals surface area (Å²) in [6.07, 6.45) is 1.41. The topological polar surface area (TPSA) is 92.7 Å². The first-order valence-electron chi connectivity index (χ1n) is 6.06. The average molecular weight is 339 g/mol. The van der Waals surface area contributed by atoms with Crippen molar-refractivity contribution in [1.82, 2.24) is 10.7 Å². The van der Waals surface area contributed by atoms with Crippen LogP contribution in [0.25, 0.3) is 11.3 Å². The summed E-state index contributed by atoms with van der Waals surface area (Å²) in [6.45, 7) is 0. The standard InChI is InChI=1S/C13H11ClN4O3S/c1-15-13(22)17-16-7-9-3-5-12(21-9)10-4-2-8(14)6-11(10)18(19)20/h2-7H,1H3,(H2,15,17,22)/b16-7-. The van der Waals surface area contributed by atoms with E-state index in [1.165, 1.54) is 18.3 Å². The number of thiocarbonyl (C=S) groups is 1. The highest BCUT2D eigenvalue weighted by Crippen LogP contribution is 2.33. The number of nitrogens with one attached hydrogen (secondary N) is 2. The zero-order valence-electron chi connectivity index (χ0n) is 11.4. The van der Waals surface area contributed by atoms with Crippen LogP contribution in [0.3, 0.4) is 0 Å². The number of nitrogens with zero attached hydrogens (tertiary/aromatic N) is 2. The van der Waals surface area contributed by atoms with E-state index in [9.17, 15) is 10.1 Å². The van der Waals surface area contributed by atoms with E-state index in [-0.39, 0.29) is 10.7 Å². The third-order valence-electron chi connectivity index (χ3n) is 2.63. The minimum atomic E-state index is -0.510. The summed E-state index contributed by atoms with van der Waals surface area (Å²) in [6, 6.07) is 7.64. The smallest absolute Gasteiger partial charge is 0.281 e. The molecule has 0 bridgehead atoms. The number of nitro benzene ring substituents is 1. The minimum Gasteiger partial charge on any atom is -0.455 e. The van der Waals surface area contributed by atoms with Gasteiger partial charge < -0.3 is 9.73 Å². The molecule has 0 atom stereocenters. The summed E-state index contributed by atoms with van der Waals surface area (Å²) in [7, 11) is 1.66. The molecule has 0 saturated heterocycles. The number of benzene rings is 1. The number of hydrogen-bond donors (Lipinski definition) is 2. The van der Waals surface area contributed by atoms with Crippen LogP contribution in [0.15, 0.2) is 39.9 Å². The van der Waals surface area contributed by atoms with Gasteiger partial charge in [0.05, 0.1) is 16.7 Å². The first kappa shape index (κ1) is 15.9. The Labute approximate surface area is 136 Å². The normalized spacial score (nSPS) is 10.6. The molecule has 0 radical (unpaired) electrons. The molecule has 0 spiro atoms. The van der Waals surface area contributed by atoms with Crippen LogP contribution in [-0.2, 0) is 0 Å². The summed E-state index contributed by atoms with van der Waals surface area (Å²) >= 11 is 10.6. The molecule has 0 fully saturated rings. The van der Waals surface area contributed by atoms with Crippen LogP contribution in [0, 0.1) is 10.1 Å². The zero-order chi connectivity index (χ0) is 16.1. The average Bonchev–Trinajstić information content (AvgIpc) is 2.95. The molecule has 2 rings (SSSR count). The van der Waals surface area contributed by atoms with Crippen molar-refractivity contribution in [3.63, 3.8) is 0 Å². The van der Waals surface area contributed by atoms with Crippen LogP contribution in [0.1, 0.15) is 5.76 Å². The number of hydrazone groups is 1. The Bertz CT molecular complexity index is 745. The lowest BCUT2D eigenvalue weighted by atomic mass is 10.1. The Morgan fingerprint density at radius 1 is 1.45 bits per heavy atom. The van der Waals surface area contributed by atoms with Crippen molar-refractivity contribution in [2.45, 2.75) is 0 Å². The van der Waals surface area contributed by atoms with E-state index in [0.717, 1.165) is 0 Å². The van der Waals surface area contributed by atoms with Gasteiger partial charge in [0.2, 0.25) is 0 Å². The van der Waals surface area contributed by atoms with Gasteiger partial charge >= 0.3 is 0 Å². The Morgan fingerprint density at radius 3 is 2.91 bits per heavy atom. The number of hydrogen-bond acceptors (Lipinski definition) is 5. The maximum absolute atomic E-state index is 11.1. The van der Waals surface area contributed by atoms with Crippen molar-refractivity contribution in [2.75, 3.05) is 7.05 Å². The SMILES string of the molecule is CNC(=S)N/N=C\c1ccc(-c2ccc(Cl)cc2[N+](=O)[O-])o1. The summed E-state index contributed by atoms with van der Waals surface area (Å²) in [5.41, 5.74) is 2.79. The van der Waals surface area contributed by atoms with Gasteiger partial charge in [0.25, 0.3) is 5.69 Å². The second kappa shape index (κ2) is 7.01. The van der Waals surface area contributed by atoms with Crippen LogP contribution < -0.4 is 10.7 Å². The quantitative estimate of drug-likeness (QED) is 0.385. The number of furan rings is 1. The molecule has 2 N–H and O–H groups in total. The predicted molar refractivity (Wildman–Crippen MR) is 88.2 cm³/mol. The molecule has 9 heteroatoms. The van der Waals surface area contributed by atoms with E-state index < -0.39 is 4.92 Å². The van der Waals surface area contributed by atoms with Gasteiger partial charge in [-0.2, -0.15) is 5.10 Å². The maximum atomic E-state index is 11.1. The summed E-state index contributed by atoms with van der Waals surface area (Å²) in [4.78, 5) is 10.6. The molecular formula is C13H11ClN4O3S. The maximum Gasteiger partial charge on any atom is 0.281 e. The van der Waals surface area contributed by atoms with E-state index in [2.05, 4.69) is 15.8 Å². The Kier molecular flexibility index (Phi) is 5.08. The lowest BCUT2D eigenvalue weighted by Gasteiger charge is -2.00. The van der Waals surface area contributed by atoms with Gasteiger partial charge in [0.1, 0.15) is 11.5 Å². The van der Waals surface area contributed by atoms with Gasteiger partial charge in [0.15, 0.2) is 5.11 Å². The molecule has 0 unspecified atom stereocenters. The molecule has 0 aliphatic carbocycles. The number of rotatable bonds is 4. The second-order valence-electron chi connectivity index (χ2n) is 4.07. The number of nitro groups is 1. The first-order valence-corrected chi connectivity index (χ1v) is 6.85. The van der Waals surface area contributed by atoms with Gasteiger partial charge in [-0.25, -0.2) is 0 Å². The molecule has 0 saturated carbocycles. The fraction of sp³-hybridized carbons (Fsp3) is 0.0769. The first-order chi connectivity index (χ1) is 10.5. The highest BCUT2D eigenvalue weighted by molar-refractivity contribution is 7.80. The highest BCUT2D eigenvalue weighted by Gasteiger charge is 2.18. The summed E-state index contributed by atoms with van der Waals surface area (Å²) < 4.78 is 5.52. The van der Waals surface area contributed by atoms with Crippen LogP contribution in [0.5, 0.6) is 0 Å². The Hall–Kier alpha value is -2.45. The van der Waals surface area contributed by atoms with Crippen LogP contribution in [0.4, 0.5) is 5.69 Å². The minimum absolute atomic E-state index is 0.125. The lowest BCUT2D eigenvalue weighted by molar-refractivity contribution is -0.384. The molecule has 0 aliphatic rings. The molecule has 1 aromatic carbocycles. The van der Waals surface area contributed by atoms with E-state index in [0.29, 0.717) is 22.2 Å². The van der Waals surface area contributed by atoms with Crippen molar-refractivity contribution < 1.29 is 9.34 Å². The van der Waals surface area contributed by atoms with Gasteiger partial charge in [-0.15, -0.1) is 0 Å². The van der Waals surface area contributed by atoms with Crippen LogP contribution in [0.2, 0.25) is 5.02 Å². The summed E-state index contributed by atoms with van der Waals surface area (Å²) in [5, 5.41) is 18.3. The van der Waals surface area contributed by atoms with Crippen molar-refractivity contribution in [2.24, 2.45) is 5.10 Å². The monoisotopic (exact) mass is 338 g/mol. The molecule has 7 nitrogen and oxygen atoms in total. The predicted octanol–water partition coefficient (Wildman–Crippen LogP) is 2.94. The molecule has 0 amide bonds. The molecule has 1 heterocycles. The van der Waals surface area contributed by atoms with E-state index in [4.69, 9.17) is 28.2 Å². The number of halogens is 1. The molecule has 1 aromatic heterocycles. The third kappa shape index (κ3) is 3.80. The van der Waals surface area contributed by atoms with Crippen molar-refractivity contribution >= 4 is 40.8 Å². The van der Waals surface area contributed by atoms with E-state index in [1.807, 2.05) is 0 Å².